The molecule has 3 heteroatoms. The molecule has 0 spiro atoms. The predicted octanol–water partition coefficient (Wildman–Crippen LogP) is 5.33. The lowest BCUT2D eigenvalue weighted by atomic mass is 9.77. The zero-order chi connectivity index (χ0) is 13.6. The van der Waals surface area contributed by atoms with Gasteiger partial charge in [-0.1, -0.05) is 32.8 Å². The molecule has 1 aromatic rings. The van der Waals surface area contributed by atoms with Crippen LogP contribution in [0.3, 0.4) is 0 Å². The molecule has 0 N–H and O–H groups in total. The highest BCUT2D eigenvalue weighted by molar-refractivity contribution is 6.18. The average Bonchev–Trinajstić information content (AvgIpc) is 2.39. The third-order valence-corrected chi connectivity index (χ3v) is 4.22. The molecule has 0 radical (unpaired) electrons. The summed E-state index contributed by atoms with van der Waals surface area (Å²) in [6.07, 6.45) is 4.93. The van der Waals surface area contributed by atoms with Crippen LogP contribution in [0.4, 0.5) is 8.78 Å². The van der Waals surface area contributed by atoms with Gasteiger partial charge in [0, 0.05) is 5.88 Å². The SMILES string of the molecule is CCCCC(CC)(CCl)Cc1ccc(F)c(F)c1. The molecule has 0 heterocycles. The van der Waals surface area contributed by atoms with E-state index in [9.17, 15) is 8.78 Å². The van der Waals surface area contributed by atoms with Gasteiger partial charge < -0.3 is 0 Å². The molecular formula is C15H21ClF2. The summed E-state index contributed by atoms with van der Waals surface area (Å²) in [5.74, 6) is -1.01. The summed E-state index contributed by atoms with van der Waals surface area (Å²) in [6, 6.07) is 4.14. The zero-order valence-corrected chi connectivity index (χ0v) is 11.9. The summed E-state index contributed by atoms with van der Waals surface area (Å²) in [7, 11) is 0. The van der Waals surface area contributed by atoms with Crippen molar-refractivity contribution in [2.24, 2.45) is 5.41 Å². The number of hydrogen-bond donors (Lipinski definition) is 0. The summed E-state index contributed by atoms with van der Waals surface area (Å²) in [5, 5.41) is 0. The van der Waals surface area contributed by atoms with Gasteiger partial charge in [-0.2, -0.15) is 0 Å². The first-order valence-electron chi connectivity index (χ1n) is 6.57. The third-order valence-electron chi connectivity index (χ3n) is 3.66. The molecule has 1 rings (SSSR count). The Bertz CT molecular complexity index is 373. The Balaban J connectivity index is 2.84. The molecule has 18 heavy (non-hydrogen) atoms. The summed E-state index contributed by atoms with van der Waals surface area (Å²) < 4.78 is 26.1. The largest absolute Gasteiger partial charge is 0.204 e. The fraction of sp³-hybridized carbons (Fsp3) is 0.600. The van der Waals surface area contributed by atoms with Crippen LogP contribution in [0.1, 0.15) is 45.1 Å². The fourth-order valence-corrected chi connectivity index (χ4v) is 2.65. The van der Waals surface area contributed by atoms with E-state index < -0.39 is 11.6 Å². The first kappa shape index (κ1) is 15.4. The van der Waals surface area contributed by atoms with Crippen molar-refractivity contribution in [2.75, 3.05) is 5.88 Å². The molecule has 102 valence electrons. The van der Waals surface area contributed by atoms with Gasteiger partial charge in [-0.3, -0.25) is 0 Å². The third kappa shape index (κ3) is 3.94. The van der Waals surface area contributed by atoms with Crippen LogP contribution < -0.4 is 0 Å². The Morgan fingerprint density at radius 2 is 1.89 bits per heavy atom. The molecular weight excluding hydrogens is 254 g/mol. The number of hydrogen-bond acceptors (Lipinski definition) is 0. The molecule has 0 aromatic heterocycles. The van der Waals surface area contributed by atoms with Crippen molar-refractivity contribution in [2.45, 2.75) is 46.0 Å². The number of benzene rings is 1. The maximum absolute atomic E-state index is 13.2. The second-order valence-corrected chi connectivity index (χ2v) is 5.28. The lowest BCUT2D eigenvalue weighted by molar-refractivity contribution is 0.278. The molecule has 0 fully saturated rings. The normalized spacial score (nSPS) is 14.5. The van der Waals surface area contributed by atoms with Crippen LogP contribution in [0.5, 0.6) is 0 Å². The minimum atomic E-state index is -0.791. The van der Waals surface area contributed by atoms with E-state index in [0.717, 1.165) is 31.2 Å². The van der Waals surface area contributed by atoms with E-state index in [1.165, 1.54) is 12.1 Å². The van der Waals surface area contributed by atoms with Gasteiger partial charge in [-0.25, -0.2) is 8.78 Å². The molecule has 0 nitrogen and oxygen atoms in total. The lowest BCUT2D eigenvalue weighted by Gasteiger charge is -2.31. The van der Waals surface area contributed by atoms with E-state index in [0.29, 0.717) is 12.3 Å². The van der Waals surface area contributed by atoms with Crippen LogP contribution in [0.25, 0.3) is 0 Å². The lowest BCUT2D eigenvalue weighted by Crippen LogP contribution is -2.25. The van der Waals surface area contributed by atoms with Crippen molar-refractivity contribution in [1.82, 2.24) is 0 Å². The molecule has 0 amide bonds. The first-order chi connectivity index (χ1) is 8.56. The average molecular weight is 275 g/mol. The number of halogens is 3. The smallest absolute Gasteiger partial charge is 0.159 e. The molecule has 1 atom stereocenters. The molecule has 0 aliphatic rings. The van der Waals surface area contributed by atoms with Gasteiger partial charge in [-0.15, -0.1) is 11.6 Å². The van der Waals surface area contributed by atoms with Crippen LogP contribution in [0.2, 0.25) is 0 Å². The van der Waals surface area contributed by atoms with E-state index >= 15 is 0 Å². The van der Waals surface area contributed by atoms with Gasteiger partial charge in [0.25, 0.3) is 0 Å². The van der Waals surface area contributed by atoms with Crippen LogP contribution in [-0.2, 0) is 6.42 Å². The molecule has 0 saturated heterocycles. The highest BCUT2D eigenvalue weighted by Gasteiger charge is 2.27. The maximum atomic E-state index is 13.2. The monoisotopic (exact) mass is 274 g/mol. The van der Waals surface area contributed by atoms with E-state index in [2.05, 4.69) is 13.8 Å². The van der Waals surface area contributed by atoms with Gasteiger partial charge >= 0.3 is 0 Å². The van der Waals surface area contributed by atoms with Crippen molar-refractivity contribution in [1.29, 1.82) is 0 Å². The highest BCUT2D eigenvalue weighted by Crippen LogP contribution is 2.34. The highest BCUT2D eigenvalue weighted by atomic mass is 35.5. The minimum absolute atomic E-state index is 0.00182. The first-order valence-corrected chi connectivity index (χ1v) is 7.10. The van der Waals surface area contributed by atoms with Gasteiger partial charge in [0.05, 0.1) is 0 Å². The summed E-state index contributed by atoms with van der Waals surface area (Å²) in [4.78, 5) is 0. The van der Waals surface area contributed by atoms with E-state index in [-0.39, 0.29) is 5.41 Å². The number of alkyl halides is 1. The van der Waals surface area contributed by atoms with Gasteiger partial charge in [0.15, 0.2) is 11.6 Å². The molecule has 0 saturated carbocycles. The summed E-state index contributed by atoms with van der Waals surface area (Å²) >= 11 is 6.11. The van der Waals surface area contributed by atoms with Crippen molar-refractivity contribution >= 4 is 11.6 Å². The Hall–Kier alpha value is -0.630. The van der Waals surface area contributed by atoms with Crippen LogP contribution in [0.15, 0.2) is 18.2 Å². The molecule has 0 bridgehead atoms. The summed E-state index contributed by atoms with van der Waals surface area (Å²) in [5.41, 5.74) is 0.828. The predicted molar refractivity (Wildman–Crippen MR) is 73.0 cm³/mol. The van der Waals surface area contributed by atoms with Crippen molar-refractivity contribution in [3.8, 4) is 0 Å². The van der Waals surface area contributed by atoms with Crippen LogP contribution in [0, 0.1) is 17.0 Å². The second kappa shape index (κ2) is 7.08. The van der Waals surface area contributed by atoms with Gasteiger partial charge in [0.1, 0.15) is 0 Å². The topological polar surface area (TPSA) is 0 Å². The number of rotatable bonds is 7. The Morgan fingerprint density at radius 3 is 2.39 bits per heavy atom. The Labute approximate surface area is 113 Å². The van der Waals surface area contributed by atoms with E-state index in [4.69, 9.17) is 11.6 Å². The quantitative estimate of drug-likeness (QED) is 0.589. The standard InChI is InChI=1S/C15H21ClF2/c1-3-5-8-15(4-2,11-16)10-12-6-7-13(17)14(18)9-12/h6-7,9H,3-5,8,10-11H2,1-2H3. The molecule has 0 aliphatic heterocycles. The Morgan fingerprint density at radius 1 is 1.17 bits per heavy atom. The fourth-order valence-electron chi connectivity index (χ4n) is 2.23. The minimum Gasteiger partial charge on any atom is -0.204 e. The zero-order valence-electron chi connectivity index (χ0n) is 11.1. The van der Waals surface area contributed by atoms with Crippen molar-refractivity contribution in [3.05, 3.63) is 35.4 Å². The summed E-state index contributed by atoms with van der Waals surface area (Å²) in [6.45, 7) is 4.25. The van der Waals surface area contributed by atoms with Crippen LogP contribution >= 0.6 is 11.6 Å². The molecule has 1 aromatic carbocycles. The number of unbranched alkanes of at least 4 members (excludes halogenated alkanes) is 1. The Kier molecular flexibility index (Phi) is 6.07. The van der Waals surface area contributed by atoms with E-state index in [1.54, 1.807) is 6.07 Å². The van der Waals surface area contributed by atoms with E-state index in [1.807, 2.05) is 0 Å². The van der Waals surface area contributed by atoms with Crippen molar-refractivity contribution in [3.63, 3.8) is 0 Å². The van der Waals surface area contributed by atoms with Gasteiger partial charge in [0.2, 0.25) is 0 Å². The van der Waals surface area contributed by atoms with Crippen molar-refractivity contribution < 1.29 is 8.78 Å². The van der Waals surface area contributed by atoms with Crippen LogP contribution in [-0.4, -0.2) is 5.88 Å². The molecule has 1 unspecified atom stereocenters. The molecule has 0 aliphatic carbocycles. The second-order valence-electron chi connectivity index (χ2n) is 5.02. The van der Waals surface area contributed by atoms with Gasteiger partial charge in [-0.05, 0) is 42.4 Å². The maximum Gasteiger partial charge on any atom is 0.159 e.